The van der Waals surface area contributed by atoms with Crippen LogP contribution in [0, 0.1) is 17.3 Å². The highest BCUT2D eigenvalue weighted by Crippen LogP contribution is 2.52. The molecule has 0 heterocycles. The van der Waals surface area contributed by atoms with Gasteiger partial charge in [-0.1, -0.05) is 26.0 Å². The lowest BCUT2D eigenvalue weighted by Crippen LogP contribution is -2.44. The van der Waals surface area contributed by atoms with Gasteiger partial charge in [-0.15, -0.1) is 0 Å². The molecule has 0 aromatic heterocycles. The number of carbonyl (C=O) groups excluding carboxylic acids is 1. The van der Waals surface area contributed by atoms with Gasteiger partial charge in [0, 0.05) is 6.42 Å². The van der Waals surface area contributed by atoms with E-state index in [9.17, 15) is 9.90 Å². The Morgan fingerprint density at radius 2 is 2.24 bits per heavy atom. The molecule has 2 heteroatoms. The number of aliphatic hydroxyl groups is 1. The number of aliphatic hydroxyl groups excluding tert-OH is 1. The summed E-state index contributed by atoms with van der Waals surface area (Å²) >= 11 is 0. The fourth-order valence-electron chi connectivity index (χ4n) is 3.37. The third-order valence-corrected chi connectivity index (χ3v) is 4.81. The number of hydrogen-bond acceptors (Lipinski definition) is 2. The Labute approximate surface area is 103 Å². The maximum Gasteiger partial charge on any atom is 0.156 e. The first kappa shape index (κ1) is 12.6. The zero-order valence-electron chi connectivity index (χ0n) is 11.0. The molecule has 2 aliphatic rings. The largest absolute Gasteiger partial charge is 0.389 e. The van der Waals surface area contributed by atoms with Crippen LogP contribution in [0.2, 0.25) is 0 Å². The molecular weight excluding hydrogens is 212 g/mol. The average molecular weight is 234 g/mol. The second-order valence-electron chi connectivity index (χ2n) is 6.09. The van der Waals surface area contributed by atoms with Gasteiger partial charge in [0.1, 0.15) is 0 Å². The molecule has 0 aliphatic heterocycles. The van der Waals surface area contributed by atoms with Crippen LogP contribution in [0.5, 0.6) is 0 Å². The minimum Gasteiger partial charge on any atom is -0.389 e. The molecule has 0 bridgehead atoms. The molecule has 2 rings (SSSR count). The summed E-state index contributed by atoms with van der Waals surface area (Å²) in [5.41, 5.74) is 2.07. The Hall–Kier alpha value is -0.890. The summed E-state index contributed by atoms with van der Waals surface area (Å²) in [6.07, 6.45) is 3.56. The highest BCUT2D eigenvalue weighted by atomic mass is 16.3. The van der Waals surface area contributed by atoms with E-state index in [1.807, 2.05) is 6.92 Å². The molecular formula is C15H22O2. The van der Waals surface area contributed by atoms with Crippen molar-refractivity contribution in [3.63, 3.8) is 0 Å². The van der Waals surface area contributed by atoms with Gasteiger partial charge in [0.2, 0.25) is 0 Å². The third kappa shape index (κ3) is 1.99. The highest BCUT2D eigenvalue weighted by Gasteiger charge is 2.47. The lowest BCUT2D eigenvalue weighted by atomic mass is 9.56. The second kappa shape index (κ2) is 4.09. The summed E-state index contributed by atoms with van der Waals surface area (Å²) < 4.78 is 0. The molecule has 1 saturated carbocycles. The monoisotopic (exact) mass is 234 g/mol. The standard InChI is InChI=1S/C15H22O2/c1-9(2)11-6-14(17)13-7-12(16)5-10(3)15(13,4)8-11/h7,10-11,14,17H,1,5-6,8H2,2-4H3/t10-,11-,14+,15+/m1/s1. The number of rotatable bonds is 1. The van der Waals surface area contributed by atoms with E-state index in [2.05, 4.69) is 20.4 Å². The Kier molecular flexibility index (Phi) is 3.03. The van der Waals surface area contributed by atoms with E-state index in [4.69, 9.17) is 0 Å². The maximum atomic E-state index is 11.6. The predicted octanol–water partition coefficient (Wildman–Crippen LogP) is 2.88. The zero-order chi connectivity index (χ0) is 12.8. The zero-order valence-corrected chi connectivity index (χ0v) is 11.0. The van der Waals surface area contributed by atoms with Gasteiger partial charge < -0.3 is 5.11 Å². The smallest absolute Gasteiger partial charge is 0.156 e. The second-order valence-corrected chi connectivity index (χ2v) is 6.09. The van der Waals surface area contributed by atoms with Gasteiger partial charge in [-0.25, -0.2) is 0 Å². The van der Waals surface area contributed by atoms with E-state index in [0.29, 0.717) is 18.3 Å². The summed E-state index contributed by atoms with van der Waals surface area (Å²) in [5, 5.41) is 10.3. The minimum absolute atomic E-state index is 0.0325. The van der Waals surface area contributed by atoms with Gasteiger partial charge in [0.05, 0.1) is 6.10 Å². The van der Waals surface area contributed by atoms with Crippen LogP contribution in [0.25, 0.3) is 0 Å². The Morgan fingerprint density at radius 3 is 2.82 bits per heavy atom. The topological polar surface area (TPSA) is 37.3 Å². The summed E-state index contributed by atoms with van der Waals surface area (Å²) in [4.78, 5) is 11.6. The minimum atomic E-state index is -0.470. The molecule has 2 aliphatic carbocycles. The van der Waals surface area contributed by atoms with Crippen LogP contribution in [0.3, 0.4) is 0 Å². The fourth-order valence-corrected chi connectivity index (χ4v) is 3.37. The van der Waals surface area contributed by atoms with Crippen molar-refractivity contribution in [2.24, 2.45) is 17.3 Å². The van der Waals surface area contributed by atoms with E-state index in [1.165, 1.54) is 0 Å². The SMILES string of the molecule is C=C(C)[C@@H]1C[C@H](O)C2=CC(=O)C[C@@H](C)[C@]2(C)C1. The number of hydrogen-bond donors (Lipinski definition) is 1. The number of allylic oxidation sites excluding steroid dienone is 2. The van der Waals surface area contributed by atoms with Gasteiger partial charge in [0.25, 0.3) is 0 Å². The van der Waals surface area contributed by atoms with Crippen molar-refractivity contribution >= 4 is 5.78 Å². The van der Waals surface area contributed by atoms with E-state index >= 15 is 0 Å². The molecule has 1 fully saturated rings. The Bertz CT molecular complexity index is 394. The molecule has 0 saturated heterocycles. The van der Waals surface area contributed by atoms with E-state index in [1.54, 1.807) is 6.08 Å². The van der Waals surface area contributed by atoms with E-state index < -0.39 is 6.10 Å². The average Bonchev–Trinajstić information content (AvgIpc) is 2.21. The molecule has 1 N–H and O–H groups in total. The van der Waals surface area contributed by atoms with Crippen molar-refractivity contribution in [2.75, 3.05) is 0 Å². The molecule has 94 valence electrons. The molecule has 4 atom stereocenters. The van der Waals surface area contributed by atoms with E-state index in [0.717, 1.165) is 24.0 Å². The molecule has 0 spiro atoms. The van der Waals surface area contributed by atoms with E-state index in [-0.39, 0.29) is 11.2 Å². The van der Waals surface area contributed by atoms with Crippen LogP contribution < -0.4 is 0 Å². The molecule has 17 heavy (non-hydrogen) atoms. The summed E-state index contributed by atoms with van der Waals surface area (Å²) in [7, 11) is 0. The predicted molar refractivity (Wildman–Crippen MR) is 68.5 cm³/mol. The molecule has 2 nitrogen and oxygen atoms in total. The van der Waals surface area contributed by atoms with Gasteiger partial charge in [0.15, 0.2) is 5.78 Å². The molecule has 0 radical (unpaired) electrons. The quantitative estimate of drug-likeness (QED) is 0.708. The van der Waals surface area contributed by atoms with Crippen molar-refractivity contribution in [1.82, 2.24) is 0 Å². The first-order valence-electron chi connectivity index (χ1n) is 6.43. The van der Waals surface area contributed by atoms with Crippen LogP contribution in [-0.4, -0.2) is 17.0 Å². The number of fused-ring (bicyclic) bond motifs is 1. The first-order chi connectivity index (χ1) is 7.84. The molecule has 0 aromatic rings. The summed E-state index contributed by atoms with van der Waals surface area (Å²) in [6.45, 7) is 10.4. The van der Waals surface area contributed by atoms with Crippen molar-refractivity contribution in [1.29, 1.82) is 0 Å². The van der Waals surface area contributed by atoms with Crippen LogP contribution in [-0.2, 0) is 4.79 Å². The van der Waals surface area contributed by atoms with Crippen LogP contribution in [0.4, 0.5) is 0 Å². The van der Waals surface area contributed by atoms with Crippen LogP contribution in [0.1, 0.15) is 40.0 Å². The normalized spacial score (nSPS) is 41.8. The highest BCUT2D eigenvalue weighted by molar-refractivity contribution is 5.92. The van der Waals surface area contributed by atoms with Gasteiger partial charge in [-0.3, -0.25) is 4.79 Å². The van der Waals surface area contributed by atoms with Crippen molar-refractivity contribution in [3.8, 4) is 0 Å². The fraction of sp³-hybridized carbons (Fsp3) is 0.667. The van der Waals surface area contributed by atoms with Crippen LogP contribution >= 0.6 is 0 Å². The Morgan fingerprint density at radius 1 is 1.59 bits per heavy atom. The number of ketones is 1. The Balaban J connectivity index is 2.39. The van der Waals surface area contributed by atoms with Gasteiger partial charge in [-0.2, -0.15) is 0 Å². The molecule has 0 amide bonds. The van der Waals surface area contributed by atoms with Crippen molar-refractivity contribution in [3.05, 3.63) is 23.8 Å². The first-order valence-corrected chi connectivity index (χ1v) is 6.43. The number of carbonyl (C=O) groups is 1. The summed E-state index contributed by atoms with van der Waals surface area (Å²) in [5.74, 6) is 0.854. The van der Waals surface area contributed by atoms with Crippen LogP contribution in [0.15, 0.2) is 23.8 Å². The third-order valence-electron chi connectivity index (χ3n) is 4.81. The van der Waals surface area contributed by atoms with Gasteiger partial charge in [-0.05, 0) is 48.7 Å². The van der Waals surface area contributed by atoms with Crippen molar-refractivity contribution < 1.29 is 9.90 Å². The summed E-state index contributed by atoms with van der Waals surface area (Å²) in [6, 6.07) is 0. The lowest BCUT2D eigenvalue weighted by Gasteiger charge is -2.48. The maximum absolute atomic E-state index is 11.6. The lowest BCUT2D eigenvalue weighted by molar-refractivity contribution is -0.117. The molecule has 0 unspecified atom stereocenters. The molecule has 0 aromatic carbocycles. The van der Waals surface area contributed by atoms with Crippen molar-refractivity contribution in [2.45, 2.75) is 46.1 Å². The van der Waals surface area contributed by atoms with Gasteiger partial charge >= 0.3 is 0 Å².